The van der Waals surface area contributed by atoms with Crippen molar-refractivity contribution >= 4 is 45.5 Å². The van der Waals surface area contributed by atoms with Crippen LogP contribution in [0.5, 0.6) is 0 Å². The van der Waals surface area contributed by atoms with Crippen molar-refractivity contribution in [3.63, 3.8) is 0 Å². The molecule has 37 heavy (non-hydrogen) atoms. The largest absolute Gasteiger partial charge is 0.333 e. The zero-order chi connectivity index (χ0) is 24.8. The molecule has 180 valence electrons. The molecule has 2 aliphatic rings. The molecule has 5 nitrogen and oxygen atoms in total. The molecule has 1 saturated heterocycles. The summed E-state index contributed by atoms with van der Waals surface area (Å²) in [6, 6.07) is 37.3. The Kier molecular flexibility index (Phi) is 5.34. The zero-order valence-electron chi connectivity index (χ0n) is 19.8. The summed E-state index contributed by atoms with van der Waals surface area (Å²) < 4.78 is 0. The maximum atomic E-state index is 13.2. The minimum absolute atomic E-state index is 0.0560. The summed E-state index contributed by atoms with van der Waals surface area (Å²) in [5, 5.41) is 10.6. The molecule has 7 heteroatoms. The number of β-lactam (4-membered cyclic amide) rings is 1. The van der Waals surface area contributed by atoms with E-state index in [1.54, 1.807) is 11.8 Å². The van der Waals surface area contributed by atoms with E-state index in [1.165, 1.54) is 21.1 Å². The van der Waals surface area contributed by atoms with Gasteiger partial charge in [-0.1, -0.05) is 108 Å². The molecule has 1 amide bonds. The van der Waals surface area contributed by atoms with Crippen molar-refractivity contribution in [3.8, 4) is 0 Å². The van der Waals surface area contributed by atoms with E-state index < -0.39 is 5.54 Å². The van der Waals surface area contributed by atoms with Crippen LogP contribution in [0.15, 0.2) is 119 Å². The Balaban J connectivity index is 1.27. The molecule has 4 aromatic carbocycles. The monoisotopic (exact) mass is 518 g/mol. The number of amides is 1. The van der Waals surface area contributed by atoms with Crippen molar-refractivity contribution in [2.45, 2.75) is 28.3 Å². The molecule has 5 aromatic rings. The number of carbonyl (C=O) groups excluding carboxylic acids is 1. The Hall–Kier alpha value is -3.94. The van der Waals surface area contributed by atoms with Crippen LogP contribution in [-0.2, 0) is 16.9 Å². The number of hydrogen-bond donors (Lipinski definition) is 0. The van der Waals surface area contributed by atoms with E-state index in [0.29, 0.717) is 18.1 Å². The Morgan fingerprint density at radius 1 is 0.703 bits per heavy atom. The minimum Gasteiger partial charge on any atom is -0.333 e. The summed E-state index contributed by atoms with van der Waals surface area (Å²) in [6.07, 6.45) is 0.403. The number of aromatic nitrogens is 2. The molecule has 1 fully saturated rings. The molecule has 1 aromatic heterocycles. The van der Waals surface area contributed by atoms with Gasteiger partial charge in [0.2, 0.25) is 11.0 Å². The second kappa shape index (κ2) is 8.87. The van der Waals surface area contributed by atoms with Crippen LogP contribution in [0.4, 0.5) is 16.5 Å². The van der Waals surface area contributed by atoms with Gasteiger partial charge in [0.15, 0.2) is 0 Å². The molecule has 0 unspecified atom stereocenters. The smallest absolute Gasteiger partial charge is 0.233 e. The Morgan fingerprint density at radius 2 is 1.24 bits per heavy atom. The van der Waals surface area contributed by atoms with Gasteiger partial charge in [0, 0.05) is 9.79 Å². The first-order valence-corrected chi connectivity index (χ1v) is 13.8. The number of rotatable bonds is 5. The molecule has 2 aliphatic heterocycles. The SMILES string of the molecule is O=C1CC(c2ccccc2)(c2ccccc2)N1c1nnc(CN2c3ccccc3Sc3ccccc32)s1. The summed E-state index contributed by atoms with van der Waals surface area (Å²) in [5.41, 5.74) is 3.89. The van der Waals surface area contributed by atoms with Crippen LogP contribution in [0.2, 0.25) is 0 Å². The first-order chi connectivity index (χ1) is 18.2. The van der Waals surface area contributed by atoms with Gasteiger partial charge < -0.3 is 4.90 Å². The van der Waals surface area contributed by atoms with E-state index in [4.69, 9.17) is 0 Å². The average molecular weight is 519 g/mol. The number of benzene rings is 4. The molecule has 0 atom stereocenters. The third-order valence-corrected chi connectivity index (χ3v) is 9.04. The Labute approximate surface area is 223 Å². The van der Waals surface area contributed by atoms with Crippen molar-refractivity contribution in [2.75, 3.05) is 9.80 Å². The molecular weight excluding hydrogens is 496 g/mol. The van der Waals surface area contributed by atoms with Crippen LogP contribution < -0.4 is 9.80 Å². The van der Waals surface area contributed by atoms with Crippen molar-refractivity contribution in [1.82, 2.24) is 10.2 Å². The number of nitrogens with zero attached hydrogens (tertiary/aromatic N) is 4. The van der Waals surface area contributed by atoms with Gasteiger partial charge in [0.05, 0.1) is 24.3 Å². The summed E-state index contributed by atoms with van der Waals surface area (Å²) in [7, 11) is 0. The summed E-state index contributed by atoms with van der Waals surface area (Å²) in [4.78, 5) is 19.7. The number of hydrogen-bond acceptors (Lipinski definition) is 6. The molecule has 0 saturated carbocycles. The quantitative estimate of drug-likeness (QED) is 0.234. The summed E-state index contributed by atoms with van der Waals surface area (Å²) in [5.74, 6) is 0.0560. The standard InChI is InChI=1S/C30H22N4OS2/c35-28-19-30(21-11-3-1-4-12-21,22-13-5-2-6-14-22)34(28)29-32-31-27(37-29)20-33-23-15-7-9-17-25(23)36-26-18-10-8-16-24(26)33/h1-18H,19-20H2. The lowest BCUT2D eigenvalue weighted by molar-refractivity contribution is -0.126. The third-order valence-electron chi connectivity index (χ3n) is 7.01. The number of fused-ring (bicyclic) bond motifs is 2. The molecule has 0 N–H and O–H groups in total. The summed E-state index contributed by atoms with van der Waals surface area (Å²) >= 11 is 3.28. The second-order valence-corrected chi connectivity index (χ2v) is 11.2. The first kappa shape index (κ1) is 22.3. The van der Waals surface area contributed by atoms with E-state index in [-0.39, 0.29) is 5.91 Å². The number of para-hydroxylation sites is 2. The lowest BCUT2D eigenvalue weighted by Crippen LogP contribution is -2.62. The highest BCUT2D eigenvalue weighted by molar-refractivity contribution is 7.99. The van der Waals surface area contributed by atoms with E-state index in [2.05, 4.69) is 87.9 Å². The van der Waals surface area contributed by atoms with E-state index in [9.17, 15) is 4.79 Å². The topological polar surface area (TPSA) is 49.3 Å². The second-order valence-electron chi connectivity index (χ2n) is 9.10. The minimum atomic E-state index is -0.586. The molecule has 0 aliphatic carbocycles. The predicted molar refractivity (Wildman–Crippen MR) is 149 cm³/mol. The van der Waals surface area contributed by atoms with Crippen LogP contribution in [0.25, 0.3) is 0 Å². The average Bonchev–Trinajstić information content (AvgIpc) is 3.39. The van der Waals surface area contributed by atoms with Gasteiger partial charge in [0.1, 0.15) is 10.5 Å². The van der Waals surface area contributed by atoms with Gasteiger partial charge in [-0.25, -0.2) is 0 Å². The number of carbonyl (C=O) groups is 1. The predicted octanol–water partition coefficient (Wildman–Crippen LogP) is 7.02. The molecule has 0 bridgehead atoms. The molecule has 0 spiro atoms. The highest BCUT2D eigenvalue weighted by Crippen LogP contribution is 2.51. The number of anilines is 3. The van der Waals surface area contributed by atoms with Crippen molar-refractivity contribution in [2.24, 2.45) is 0 Å². The van der Waals surface area contributed by atoms with Gasteiger partial charge in [-0.05, 0) is 35.4 Å². The third kappa shape index (κ3) is 3.57. The van der Waals surface area contributed by atoms with Crippen molar-refractivity contribution in [1.29, 1.82) is 0 Å². The molecule has 7 rings (SSSR count). The lowest BCUT2D eigenvalue weighted by Gasteiger charge is -2.51. The summed E-state index contributed by atoms with van der Waals surface area (Å²) in [6.45, 7) is 0.581. The van der Waals surface area contributed by atoms with Gasteiger partial charge >= 0.3 is 0 Å². The van der Waals surface area contributed by atoms with E-state index in [1.807, 2.05) is 41.3 Å². The maximum Gasteiger partial charge on any atom is 0.233 e. The fraction of sp³-hybridized carbons (Fsp3) is 0.100. The molecule has 3 heterocycles. The van der Waals surface area contributed by atoms with Crippen LogP contribution >= 0.6 is 23.1 Å². The van der Waals surface area contributed by atoms with Gasteiger partial charge in [-0.3, -0.25) is 9.69 Å². The van der Waals surface area contributed by atoms with Gasteiger partial charge in [0.25, 0.3) is 0 Å². The fourth-order valence-corrected chi connectivity index (χ4v) is 7.32. The highest BCUT2D eigenvalue weighted by Gasteiger charge is 2.55. The highest BCUT2D eigenvalue weighted by atomic mass is 32.2. The fourth-order valence-electron chi connectivity index (χ4n) is 5.31. The molecular formula is C30H22N4OS2. The van der Waals surface area contributed by atoms with Crippen molar-refractivity contribution < 1.29 is 4.79 Å². The molecule has 0 radical (unpaired) electrons. The normalized spacial score (nSPS) is 15.6. The van der Waals surface area contributed by atoms with E-state index in [0.717, 1.165) is 27.5 Å². The van der Waals surface area contributed by atoms with Crippen LogP contribution in [0.1, 0.15) is 22.6 Å². The van der Waals surface area contributed by atoms with Crippen LogP contribution in [0.3, 0.4) is 0 Å². The Bertz CT molecular complexity index is 1520. The van der Waals surface area contributed by atoms with Gasteiger partial charge in [-0.15, -0.1) is 10.2 Å². The first-order valence-electron chi connectivity index (χ1n) is 12.1. The van der Waals surface area contributed by atoms with Crippen molar-refractivity contribution in [3.05, 3.63) is 125 Å². The van der Waals surface area contributed by atoms with E-state index >= 15 is 0 Å². The van der Waals surface area contributed by atoms with Crippen LogP contribution in [-0.4, -0.2) is 16.1 Å². The van der Waals surface area contributed by atoms with Gasteiger partial charge in [-0.2, -0.15) is 0 Å². The Morgan fingerprint density at radius 3 is 1.81 bits per heavy atom. The zero-order valence-corrected chi connectivity index (χ0v) is 21.5. The maximum absolute atomic E-state index is 13.2. The lowest BCUT2D eigenvalue weighted by atomic mass is 9.73. The van der Waals surface area contributed by atoms with Crippen LogP contribution in [0, 0.1) is 0 Å².